The van der Waals surface area contributed by atoms with Crippen molar-refractivity contribution in [3.8, 4) is 0 Å². The number of carbonyl (C=O) groups is 1. The molecular weight excluding hydrogens is 288 g/mol. The predicted octanol–water partition coefficient (Wildman–Crippen LogP) is 4.28. The topological polar surface area (TPSA) is 50.7 Å². The van der Waals surface area contributed by atoms with Gasteiger partial charge in [0.15, 0.2) is 0 Å². The van der Waals surface area contributed by atoms with E-state index in [9.17, 15) is 4.79 Å². The Balaban J connectivity index is 5.17. The van der Waals surface area contributed by atoms with E-state index in [2.05, 4.69) is 38.0 Å². The van der Waals surface area contributed by atoms with E-state index >= 15 is 0 Å². The quantitative estimate of drug-likeness (QED) is 0.482. The number of ether oxygens (including phenoxy) is 1. The van der Waals surface area contributed by atoms with Gasteiger partial charge in [-0.25, -0.2) is 0 Å². The molecule has 0 aromatic rings. The molecule has 0 saturated carbocycles. The molecule has 132 valence electrons. The van der Waals surface area contributed by atoms with Crippen molar-refractivity contribution >= 4 is 12.2 Å². The zero-order valence-electron chi connectivity index (χ0n) is 16.0. The Hall–Kier alpha value is -1.42. The minimum Gasteiger partial charge on any atom is -0.466 e. The Morgan fingerprint density at radius 1 is 1.22 bits per heavy atom. The average molecular weight is 322 g/mol. The van der Waals surface area contributed by atoms with Gasteiger partial charge in [-0.05, 0) is 78.1 Å². The van der Waals surface area contributed by atoms with Crippen molar-refractivity contribution in [2.24, 2.45) is 10.9 Å². The van der Waals surface area contributed by atoms with Crippen LogP contribution in [-0.4, -0.2) is 32.4 Å². The van der Waals surface area contributed by atoms with E-state index in [1.165, 1.54) is 11.1 Å². The first-order chi connectivity index (χ1) is 10.9. The molecule has 1 N–H and O–H groups in total. The molecule has 4 heteroatoms. The second kappa shape index (κ2) is 12.1. The van der Waals surface area contributed by atoms with Gasteiger partial charge >= 0.3 is 5.97 Å². The molecule has 0 amide bonds. The van der Waals surface area contributed by atoms with Gasteiger partial charge in [-0.2, -0.15) is 0 Å². The third-order valence-electron chi connectivity index (χ3n) is 4.30. The van der Waals surface area contributed by atoms with Crippen molar-refractivity contribution in [2.75, 3.05) is 20.2 Å². The molecule has 1 unspecified atom stereocenters. The number of esters is 1. The van der Waals surface area contributed by atoms with E-state index in [0.717, 1.165) is 30.7 Å². The Kier molecular flexibility index (Phi) is 11.3. The van der Waals surface area contributed by atoms with Crippen LogP contribution in [0.15, 0.2) is 27.4 Å². The summed E-state index contributed by atoms with van der Waals surface area (Å²) in [6.45, 7) is 13.6. The van der Waals surface area contributed by atoms with E-state index in [1.54, 1.807) is 0 Å². The largest absolute Gasteiger partial charge is 0.466 e. The van der Waals surface area contributed by atoms with E-state index in [0.29, 0.717) is 13.0 Å². The minimum atomic E-state index is -0.136. The summed E-state index contributed by atoms with van der Waals surface area (Å²) in [4.78, 5) is 16.4. The van der Waals surface area contributed by atoms with Gasteiger partial charge in [-0.1, -0.05) is 12.5 Å². The van der Waals surface area contributed by atoms with Gasteiger partial charge < -0.3 is 10.1 Å². The number of allylic oxidation sites excluding steroid dienone is 4. The molecule has 0 bridgehead atoms. The van der Waals surface area contributed by atoms with Crippen LogP contribution in [0.1, 0.15) is 60.8 Å². The summed E-state index contributed by atoms with van der Waals surface area (Å²) in [7, 11) is 1.92. The minimum absolute atomic E-state index is 0.136. The molecule has 0 heterocycles. The molecule has 0 aliphatic heterocycles. The number of hydrogen-bond donors (Lipinski definition) is 1. The highest BCUT2D eigenvalue weighted by molar-refractivity contribution is 5.79. The second-order valence-electron chi connectivity index (χ2n) is 5.94. The van der Waals surface area contributed by atoms with E-state index in [-0.39, 0.29) is 11.9 Å². The van der Waals surface area contributed by atoms with Crippen LogP contribution < -0.4 is 5.32 Å². The number of nitrogens with one attached hydrogen (secondary N) is 1. The average Bonchev–Trinajstić information content (AvgIpc) is 2.54. The van der Waals surface area contributed by atoms with Gasteiger partial charge in [0.1, 0.15) is 0 Å². The summed E-state index contributed by atoms with van der Waals surface area (Å²) in [6, 6.07) is 0. The van der Waals surface area contributed by atoms with Crippen molar-refractivity contribution in [3.63, 3.8) is 0 Å². The van der Waals surface area contributed by atoms with E-state index < -0.39 is 0 Å². The molecule has 0 spiro atoms. The van der Waals surface area contributed by atoms with E-state index in [4.69, 9.17) is 4.74 Å². The van der Waals surface area contributed by atoms with Gasteiger partial charge in [0, 0.05) is 11.9 Å². The summed E-state index contributed by atoms with van der Waals surface area (Å²) in [5.41, 5.74) is 4.69. The van der Waals surface area contributed by atoms with Crippen LogP contribution in [0.5, 0.6) is 0 Å². The normalized spacial score (nSPS) is 15.3. The van der Waals surface area contributed by atoms with Gasteiger partial charge in [-0.15, -0.1) is 0 Å². The standard InChI is InChI=1S/C19H34N2O2/c1-8-14(3)15(4)13-21-17(6)16(5)18(10-11-20-7)12-19(22)23-9-2/h13,18,20H,8-12H2,1-7H3/b15-14+,17-16+,21-13+. The van der Waals surface area contributed by atoms with Gasteiger partial charge in [0.05, 0.1) is 13.0 Å². The summed E-state index contributed by atoms with van der Waals surface area (Å²) < 4.78 is 5.10. The molecule has 0 aliphatic rings. The SMILES string of the molecule is CCOC(=O)CC(CCNC)/C(C)=C(C)/N=C/C(C)=C(\C)CC. The molecule has 1 atom stereocenters. The first-order valence-electron chi connectivity index (χ1n) is 8.55. The van der Waals surface area contributed by atoms with Crippen molar-refractivity contribution in [2.45, 2.75) is 60.8 Å². The lowest BCUT2D eigenvalue weighted by molar-refractivity contribution is -0.144. The van der Waals surface area contributed by atoms with Crippen molar-refractivity contribution < 1.29 is 9.53 Å². The highest BCUT2D eigenvalue weighted by Crippen LogP contribution is 2.23. The summed E-state index contributed by atoms with van der Waals surface area (Å²) in [6.07, 6.45) is 4.28. The zero-order chi connectivity index (χ0) is 17.8. The van der Waals surface area contributed by atoms with Gasteiger partial charge in [0.2, 0.25) is 0 Å². The lowest BCUT2D eigenvalue weighted by atomic mass is 9.92. The van der Waals surface area contributed by atoms with Crippen LogP contribution in [0.3, 0.4) is 0 Å². The summed E-state index contributed by atoms with van der Waals surface area (Å²) in [5.74, 6) is 0.0258. The lowest BCUT2D eigenvalue weighted by Gasteiger charge is -2.18. The molecule has 0 saturated heterocycles. The summed E-state index contributed by atoms with van der Waals surface area (Å²) in [5, 5.41) is 3.15. The fraction of sp³-hybridized carbons (Fsp3) is 0.684. The number of hydrogen-bond acceptors (Lipinski definition) is 4. The molecule has 4 nitrogen and oxygen atoms in total. The summed E-state index contributed by atoms with van der Waals surface area (Å²) >= 11 is 0. The highest BCUT2D eigenvalue weighted by Gasteiger charge is 2.17. The molecule has 0 aromatic carbocycles. The van der Waals surface area contributed by atoms with Crippen LogP contribution >= 0.6 is 0 Å². The first kappa shape index (κ1) is 21.6. The molecule has 0 aliphatic carbocycles. The Morgan fingerprint density at radius 2 is 1.87 bits per heavy atom. The zero-order valence-corrected chi connectivity index (χ0v) is 16.0. The Labute approximate surface area is 142 Å². The van der Waals surface area contributed by atoms with Crippen molar-refractivity contribution in [1.29, 1.82) is 0 Å². The molecule has 0 radical (unpaired) electrons. The van der Waals surface area contributed by atoms with Crippen LogP contribution in [0.2, 0.25) is 0 Å². The van der Waals surface area contributed by atoms with Crippen LogP contribution in [-0.2, 0) is 9.53 Å². The Bertz CT molecular complexity index is 462. The van der Waals surface area contributed by atoms with Crippen molar-refractivity contribution in [1.82, 2.24) is 5.32 Å². The third kappa shape index (κ3) is 8.70. The number of carbonyl (C=O) groups excluding carboxylic acids is 1. The van der Waals surface area contributed by atoms with Gasteiger partial charge in [0.25, 0.3) is 0 Å². The fourth-order valence-electron chi connectivity index (χ4n) is 2.19. The van der Waals surface area contributed by atoms with Crippen LogP contribution in [0, 0.1) is 5.92 Å². The van der Waals surface area contributed by atoms with E-state index in [1.807, 2.05) is 27.1 Å². The number of rotatable bonds is 10. The molecule has 23 heavy (non-hydrogen) atoms. The van der Waals surface area contributed by atoms with Crippen LogP contribution in [0.25, 0.3) is 0 Å². The maximum Gasteiger partial charge on any atom is 0.306 e. The lowest BCUT2D eigenvalue weighted by Crippen LogP contribution is -2.18. The third-order valence-corrected chi connectivity index (χ3v) is 4.30. The monoisotopic (exact) mass is 322 g/mol. The second-order valence-corrected chi connectivity index (χ2v) is 5.94. The van der Waals surface area contributed by atoms with Gasteiger partial charge in [-0.3, -0.25) is 9.79 Å². The molecular formula is C19H34N2O2. The van der Waals surface area contributed by atoms with Crippen LogP contribution in [0.4, 0.5) is 0 Å². The first-order valence-corrected chi connectivity index (χ1v) is 8.55. The predicted molar refractivity (Wildman–Crippen MR) is 98.8 cm³/mol. The maximum absolute atomic E-state index is 11.8. The fourth-order valence-corrected chi connectivity index (χ4v) is 2.19. The Morgan fingerprint density at radius 3 is 2.39 bits per heavy atom. The van der Waals surface area contributed by atoms with Crippen molar-refractivity contribution in [3.05, 3.63) is 22.4 Å². The highest BCUT2D eigenvalue weighted by atomic mass is 16.5. The molecule has 0 rings (SSSR count). The molecule has 0 fully saturated rings. The smallest absolute Gasteiger partial charge is 0.306 e. The number of nitrogens with zero attached hydrogens (tertiary/aromatic N) is 1. The maximum atomic E-state index is 11.8. The molecule has 0 aromatic heterocycles. The number of aliphatic imine (C=N–C) groups is 1.